The number of hydrogen-bond donors (Lipinski definition) is 0. The number of azide groups is 1. The molecule has 3 aromatic carbocycles. The van der Waals surface area contributed by atoms with Gasteiger partial charge in [0.05, 0.1) is 27.6 Å². The zero-order chi connectivity index (χ0) is 26.1. The van der Waals surface area contributed by atoms with Crippen LogP contribution in [0.2, 0.25) is 5.02 Å². The first kappa shape index (κ1) is 25.7. The number of fused-ring (bicyclic) bond motifs is 1. The number of nitrogens with zero attached hydrogens (tertiary/aromatic N) is 5. The topological polar surface area (TPSA) is 127 Å². The van der Waals surface area contributed by atoms with E-state index in [0.29, 0.717) is 25.3 Å². The van der Waals surface area contributed by atoms with Crippen LogP contribution in [0, 0.1) is 16.7 Å². The minimum absolute atomic E-state index is 0.101. The summed E-state index contributed by atoms with van der Waals surface area (Å²) < 4.78 is 29.0. The largest absolute Gasteiger partial charge is 0.272 e. The molecule has 1 amide bonds. The quantitative estimate of drug-likeness (QED) is 0.137. The Balaban J connectivity index is 2.03. The molecular weight excluding hydrogens is 613 g/mol. The Kier molecular flexibility index (Phi) is 7.11. The lowest BCUT2D eigenvalue weighted by Crippen LogP contribution is -2.51. The van der Waals surface area contributed by atoms with Crippen LogP contribution in [-0.2, 0) is 14.8 Å². The average Bonchev–Trinajstić information content (AvgIpc) is 2.88. The number of anilines is 1. The van der Waals surface area contributed by atoms with Gasteiger partial charge in [0.25, 0.3) is 15.9 Å². The maximum atomic E-state index is 14.1. The lowest BCUT2D eigenvalue weighted by Gasteiger charge is -2.41. The van der Waals surface area contributed by atoms with Crippen LogP contribution in [-0.4, -0.2) is 20.9 Å². The summed E-state index contributed by atoms with van der Waals surface area (Å²) in [5.74, 6) is -0.749. The van der Waals surface area contributed by atoms with Gasteiger partial charge < -0.3 is 0 Å². The normalized spacial score (nSPS) is 18.6. The minimum Gasteiger partial charge on any atom is -0.272 e. The first-order valence-corrected chi connectivity index (χ1v) is 13.4. The van der Waals surface area contributed by atoms with E-state index in [4.69, 9.17) is 22.4 Å². The van der Waals surface area contributed by atoms with E-state index < -0.39 is 21.3 Å². The van der Waals surface area contributed by atoms with E-state index in [0.717, 1.165) is 9.87 Å². The Morgan fingerprint density at radius 1 is 1.14 bits per heavy atom. The zero-order valence-corrected chi connectivity index (χ0v) is 22.5. The molecule has 180 valence electrons. The van der Waals surface area contributed by atoms with Gasteiger partial charge in [0, 0.05) is 25.6 Å². The average molecular weight is 630 g/mol. The molecule has 4 rings (SSSR count). The highest BCUT2D eigenvalue weighted by molar-refractivity contribution is 14.1. The molecule has 0 N–H and O–H groups in total. The Labute approximate surface area is 226 Å². The second kappa shape index (κ2) is 9.95. The molecule has 3 aromatic rings. The van der Waals surface area contributed by atoms with E-state index in [1.54, 1.807) is 55.5 Å². The molecule has 0 radical (unpaired) electrons. The van der Waals surface area contributed by atoms with Crippen molar-refractivity contribution in [1.82, 2.24) is 0 Å². The third-order valence-corrected chi connectivity index (χ3v) is 9.01. The van der Waals surface area contributed by atoms with Crippen LogP contribution < -0.4 is 4.31 Å². The lowest BCUT2D eigenvalue weighted by molar-refractivity contribution is -0.123. The van der Waals surface area contributed by atoms with Crippen LogP contribution in [0.5, 0.6) is 0 Å². The molecule has 1 heterocycles. The molecule has 0 aromatic heterocycles. The third kappa shape index (κ3) is 4.35. The van der Waals surface area contributed by atoms with Gasteiger partial charge in [0.15, 0.2) is 0 Å². The summed E-state index contributed by atoms with van der Waals surface area (Å²) in [6.07, 6.45) is 0. The fraction of sp³-hybridized carbons (Fsp3) is 0.120. The summed E-state index contributed by atoms with van der Waals surface area (Å²) in [5.41, 5.74) is 10.0. The molecule has 0 spiro atoms. The fourth-order valence-corrected chi connectivity index (χ4v) is 6.97. The summed E-state index contributed by atoms with van der Waals surface area (Å²) in [6, 6.07) is 21.2. The van der Waals surface area contributed by atoms with E-state index in [1.165, 1.54) is 24.3 Å². The first-order chi connectivity index (χ1) is 17.1. The van der Waals surface area contributed by atoms with Gasteiger partial charge in [-0.15, -0.1) is 0 Å². The highest BCUT2D eigenvalue weighted by Gasteiger charge is 2.51. The van der Waals surface area contributed by atoms with Crippen LogP contribution in [0.15, 0.2) is 82.8 Å². The molecule has 0 fully saturated rings. The smallest absolute Gasteiger partial charge is 0.270 e. The number of rotatable bonds is 5. The van der Waals surface area contributed by atoms with Crippen molar-refractivity contribution in [2.45, 2.75) is 11.8 Å². The van der Waals surface area contributed by atoms with Crippen molar-refractivity contribution in [2.24, 2.45) is 10.5 Å². The summed E-state index contributed by atoms with van der Waals surface area (Å²) in [5, 5.41) is 13.2. The van der Waals surface area contributed by atoms with E-state index in [1.807, 2.05) is 0 Å². The van der Waals surface area contributed by atoms with Crippen LogP contribution in [0.4, 0.5) is 5.69 Å². The van der Waals surface area contributed by atoms with Gasteiger partial charge in [0.1, 0.15) is 0 Å². The predicted molar refractivity (Wildman–Crippen MR) is 147 cm³/mol. The van der Waals surface area contributed by atoms with Crippen molar-refractivity contribution in [3.8, 4) is 6.07 Å². The van der Waals surface area contributed by atoms with Gasteiger partial charge in [-0.2, -0.15) is 5.26 Å². The van der Waals surface area contributed by atoms with Crippen LogP contribution >= 0.6 is 34.2 Å². The van der Waals surface area contributed by atoms with Crippen LogP contribution in [0.25, 0.3) is 19.6 Å². The highest BCUT2D eigenvalue weighted by atomic mass is 127. The maximum Gasteiger partial charge on any atom is 0.270 e. The van der Waals surface area contributed by atoms with E-state index >= 15 is 0 Å². The molecule has 1 aliphatic heterocycles. The summed E-state index contributed by atoms with van der Waals surface area (Å²) in [6.45, 7) is 1.27. The van der Waals surface area contributed by atoms with Gasteiger partial charge in [-0.05, 0) is 88.6 Å². The Morgan fingerprint density at radius 3 is 2.39 bits per heavy atom. The number of carbonyl (C=O) groups is 1. The molecule has 1 aliphatic rings. The van der Waals surface area contributed by atoms with Crippen molar-refractivity contribution in [2.75, 3.05) is 10.8 Å². The zero-order valence-electron chi connectivity index (χ0n) is 18.8. The van der Waals surface area contributed by atoms with Crippen LogP contribution in [0.1, 0.15) is 23.6 Å². The Hall–Kier alpha value is -3.36. The number of amides is 1. The molecule has 8 nitrogen and oxygen atoms in total. The monoisotopic (exact) mass is 629 g/mol. The fourth-order valence-electron chi connectivity index (χ4n) is 4.07. The van der Waals surface area contributed by atoms with Crippen molar-refractivity contribution in [1.29, 1.82) is 5.26 Å². The third-order valence-electron chi connectivity index (χ3n) is 5.89. The number of sulfonamides is 1. The highest BCUT2D eigenvalue weighted by Crippen LogP contribution is 2.52. The van der Waals surface area contributed by atoms with Gasteiger partial charge in [0.2, 0.25) is 0 Å². The number of para-hydroxylation sites is 1. The molecule has 0 bridgehead atoms. The minimum atomic E-state index is -4.33. The Morgan fingerprint density at radius 2 is 1.78 bits per heavy atom. The molecule has 1 atom stereocenters. The van der Waals surface area contributed by atoms with Gasteiger partial charge in [-0.3, -0.25) is 4.79 Å². The van der Waals surface area contributed by atoms with Gasteiger partial charge in [-0.25, -0.2) is 12.7 Å². The Bertz CT molecular complexity index is 1590. The van der Waals surface area contributed by atoms with Gasteiger partial charge >= 0.3 is 0 Å². The van der Waals surface area contributed by atoms with E-state index in [-0.39, 0.29) is 17.1 Å². The second-order valence-corrected chi connectivity index (χ2v) is 11.4. The van der Waals surface area contributed by atoms with Gasteiger partial charge in [-0.1, -0.05) is 47.0 Å². The predicted octanol–water partition coefficient (Wildman–Crippen LogP) is 6.57. The summed E-state index contributed by atoms with van der Waals surface area (Å²) >= 11 is 8.05. The number of benzene rings is 3. The molecule has 0 aliphatic carbocycles. The van der Waals surface area contributed by atoms with E-state index in [2.05, 4.69) is 38.7 Å². The summed E-state index contributed by atoms with van der Waals surface area (Å²) in [4.78, 5) is 16.8. The molecule has 36 heavy (non-hydrogen) atoms. The number of nitriles is 1. The SMILES string of the molecule is CC1(CN=[N+]=[N-])C(=O)N(S(=O)(=O)c2ccc(Cl)cc2)c2ccccc2/C1=C(/I)c1ccc(C#N)cc1. The first-order valence-electron chi connectivity index (χ1n) is 10.5. The lowest BCUT2D eigenvalue weighted by atomic mass is 9.73. The molecule has 0 saturated carbocycles. The summed E-state index contributed by atoms with van der Waals surface area (Å²) in [7, 11) is -4.33. The maximum absolute atomic E-state index is 14.1. The van der Waals surface area contributed by atoms with E-state index in [9.17, 15) is 13.2 Å². The van der Waals surface area contributed by atoms with Crippen LogP contribution in [0.3, 0.4) is 0 Å². The number of carbonyl (C=O) groups excluding carboxylic acids is 1. The molecule has 0 saturated heterocycles. The molecular formula is C25H17ClIN5O3S. The second-order valence-electron chi connectivity index (χ2n) is 8.14. The number of hydrogen-bond acceptors (Lipinski definition) is 5. The molecule has 11 heteroatoms. The van der Waals surface area contributed by atoms with Crippen molar-refractivity contribution in [3.63, 3.8) is 0 Å². The van der Waals surface area contributed by atoms with Crippen molar-refractivity contribution in [3.05, 3.63) is 105 Å². The van der Waals surface area contributed by atoms with Crippen molar-refractivity contribution >= 4 is 65.0 Å². The number of halogens is 2. The standard InChI is InChI=1S/C25H17ClIN5O3S/c1-25(15-30-31-29)22(23(27)17-8-6-16(14-28)7-9-17)20-4-2-3-5-21(20)32(24(25)33)36(34,35)19-12-10-18(26)11-13-19/h2-13H,15H2,1H3/b23-22-. The van der Waals surface area contributed by atoms with Crippen molar-refractivity contribution < 1.29 is 13.2 Å². The molecule has 1 unspecified atom stereocenters.